The molecule has 2 aliphatic rings. The Morgan fingerprint density at radius 3 is 2.31 bits per heavy atom. The number of benzene rings is 3. The Hall–Kier alpha value is -4.19. The normalized spacial score (nSPS) is 20.6. The lowest BCUT2D eigenvalue weighted by Crippen LogP contribution is -2.38. The molecule has 1 heterocycles. The van der Waals surface area contributed by atoms with E-state index in [-0.39, 0.29) is 18.3 Å². The number of allylic oxidation sites excluding steroid dienone is 2. The predicted molar refractivity (Wildman–Crippen MR) is 150 cm³/mol. The van der Waals surface area contributed by atoms with E-state index in [0.717, 1.165) is 22.4 Å². The van der Waals surface area contributed by atoms with Gasteiger partial charge in [-0.05, 0) is 36.5 Å². The Kier molecular flexibility index (Phi) is 7.92. The average Bonchev–Trinajstić information content (AvgIpc) is 2.96. The van der Waals surface area contributed by atoms with Crippen LogP contribution in [0.3, 0.4) is 0 Å². The molecule has 6 heteroatoms. The lowest BCUT2D eigenvalue weighted by Gasteiger charge is -2.37. The van der Waals surface area contributed by atoms with Gasteiger partial charge in [-0.2, -0.15) is 0 Å². The SMILES string of the molecule is COc1cccc([C@H]2C3=C(C[C@@H](c4ccccc4)CC3=O)N=C(C)C2C(=O)OCCc2ccccc2)c1OC. The second-order valence-corrected chi connectivity index (χ2v) is 9.99. The molecule has 0 bridgehead atoms. The van der Waals surface area contributed by atoms with Crippen molar-refractivity contribution in [2.24, 2.45) is 10.9 Å². The van der Waals surface area contributed by atoms with Crippen molar-refractivity contribution < 1.29 is 23.8 Å². The zero-order valence-electron chi connectivity index (χ0n) is 22.6. The fourth-order valence-electron chi connectivity index (χ4n) is 5.82. The molecule has 0 amide bonds. The Morgan fingerprint density at radius 1 is 0.897 bits per heavy atom. The molecule has 5 rings (SSSR count). The van der Waals surface area contributed by atoms with Gasteiger partial charge in [0.1, 0.15) is 5.92 Å². The summed E-state index contributed by atoms with van der Waals surface area (Å²) in [5.74, 6) is -0.652. The van der Waals surface area contributed by atoms with Gasteiger partial charge >= 0.3 is 5.97 Å². The molecule has 3 atom stereocenters. The molecule has 0 saturated carbocycles. The lowest BCUT2D eigenvalue weighted by molar-refractivity contribution is -0.146. The van der Waals surface area contributed by atoms with Gasteiger partial charge in [0.25, 0.3) is 0 Å². The summed E-state index contributed by atoms with van der Waals surface area (Å²) in [5.41, 5.74) is 4.86. The number of hydrogen-bond acceptors (Lipinski definition) is 6. The quantitative estimate of drug-likeness (QED) is 0.335. The standard InChI is InChI=1S/C33H33NO5/c1-21-29(33(36)39-18-17-22-11-6-4-7-12-22)30(25-15-10-16-28(37-2)32(25)38-3)31-26(34-21)19-24(20-27(31)35)23-13-8-5-9-14-23/h4-16,24,29-30H,17-20H2,1-3H3/t24-,29?,30-/m1/s1. The van der Waals surface area contributed by atoms with Crippen molar-refractivity contribution in [3.05, 3.63) is 107 Å². The Bertz CT molecular complexity index is 1410. The van der Waals surface area contributed by atoms with Crippen LogP contribution in [0, 0.1) is 5.92 Å². The minimum absolute atomic E-state index is 0.00156. The van der Waals surface area contributed by atoms with Gasteiger partial charge in [-0.25, -0.2) is 0 Å². The summed E-state index contributed by atoms with van der Waals surface area (Å²) in [5, 5.41) is 0. The maximum atomic E-state index is 13.9. The first kappa shape index (κ1) is 26.4. The summed E-state index contributed by atoms with van der Waals surface area (Å²) < 4.78 is 17.2. The Balaban J connectivity index is 1.53. The summed E-state index contributed by atoms with van der Waals surface area (Å²) in [4.78, 5) is 32.4. The fourth-order valence-corrected chi connectivity index (χ4v) is 5.82. The molecular weight excluding hydrogens is 490 g/mol. The highest BCUT2D eigenvalue weighted by atomic mass is 16.5. The van der Waals surface area contributed by atoms with Crippen molar-refractivity contribution in [2.75, 3.05) is 20.8 Å². The van der Waals surface area contributed by atoms with Crippen LogP contribution >= 0.6 is 0 Å². The number of hydrogen-bond donors (Lipinski definition) is 0. The number of ether oxygens (including phenoxy) is 3. The number of methoxy groups -OCH3 is 2. The third kappa shape index (κ3) is 5.37. The van der Waals surface area contributed by atoms with Gasteiger partial charge < -0.3 is 14.2 Å². The van der Waals surface area contributed by atoms with Crippen molar-refractivity contribution in [1.82, 2.24) is 0 Å². The molecule has 6 nitrogen and oxygen atoms in total. The number of nitrogens with zero attached hydrogens (tertiary/aromatic N) is 1. The van der Waals surface area contributed by atoms with Crippen LogP contribution < -0.4 is 9.47 Å². The number of Topliss-reactive ketones (excluding diaryl/α,β-unsaturated/α-hetero) is 1. The molecule has 0 spiro atoms. The number of para-hydroxylation sites is 1. The van der Waals surface area contributed by atoms with Crippen LogP contribution in [0.4, 0.5) is 0 Å². The molecule has 0 aromatic heterocycles. The van der Waals surface area contributed by atoms with Gasteiger partial charge in [0.2, 0.25) is 0 Å². The van der Waals surface area contributed by atoms with Gasteiger partial charge in [0, 0.05) is 41.3 Å². The largest absolute Gasteiger partial charge is 0.493 e. The van der Waals surface area contributed by atoms with E-state index in [9.17, 15) is 9.59 Å². The molecule has 1 aliphatic carbocycles. The van der Waals surface area contributed by atoms with Gasteiger partial charge in [0.05, 0.1) is 20.8 Å². The fraction of sp³-hybridized carbons (Fsp3) is 0.303. The summed E-state index contributed by atoms with van der Waals surface area (Å²) in [7, 11) is 3.15. The highest BCUT2D eigenvalue weighted by molar-refractivity contribution is 6.09. The van der Waals surface area contributed by atoms with E-state index in [1.165, 1.54) is 0 Å². The van der Waals surface area contributed by atoms with Crippen LogP contribution in [0.15, 0.2) is 95.1 Å². The summed E-state index contributed by atoms with van der Waals surface area (Å²) >= 11 is 0. The van der Waals surface area contributed by atoms with Gasteiger partial charge in [-0.1, -0.05) is 72.8 Å². The summed E-state index contributed by atoms with van der Waals surface area (Å²) in [6, 6.07) is 25.5. The molecule has 0 N–H and O–H groups in total. The van der Waals surface area contributed by atoms with E-state index in [1.807, 2.05) is 73.7 Å². The van der Waals surface area contributed by atoms with Crippen molar-refractivity contribution in [2.45, 2.75) is 38.0 Å². The number of esters is 1. The van der Waals surface area contributed by atoms with E-state index in [0.29, 0.717) is 42.0 Å². The Labute approximate surface area is 229 Å². The maximum absolute atomic E-state index is 13.9. The summed E-state index contributed by atoms with van der Waals surface area (Å²) in [6.07, 6.45) is 1.59. The van der Waals surface area contributed by atoms with Crippen molar-refractivity contribution in [3.63, 3.8) is 0 Å². The first-order valence-electron chi connectivity index (χ1n) is 13.3. The van der Waals surface area contributed by atoms with Crippen LogP contribution in [0.25, 0.3) is 0 Å². The van der Waals surface area contributed by atoms with Crippen LogP contribution in [0.2, 0.25) is 0 Å². The first-order chi connectivity index (χ1) is 19.0. The third-order valence-corrected chi connectivity index (χ3v) is 7.66. The van der Waals surface area contributed by atoms with E-state index in [2.05, 4.69) is 12.1 Å². The molecule has 3 aromatic rings. The van der Waals surface area contributed by atoms with E-state index >= 15 is 0 Å². The number of rotatable bonds is 8. The topological polar surface area (TPSA) is 74.2 Å². The van der Waals surface area contributed by atoms with Gasteiger partial charge in [-0.15, -0.1) is 0 Å². The third-order valence-electron chi connectivity index (χ3n) is 7.66. The average molecular weight is 524 g/mol. The highest BCUT2D eigenvalue weighted by Crippen LogP contribution is 2.50. The second-order valence-electron chi connectivity index (χ2n) is 9.99. The number of carbonyl (C=O) groups excluding carboxylic acids is 2. The number of ketones is 1. The predicted octanol–water partition coefficient (Wildman–Crippen LogP) is 6.06. The minimum Gasteiger partial charge on any atom is -0.493 e. The van der Waals surface area contributed by atoms with Gasteiger partial charge in [-0.3, -0.25) is 14.6 Å². The highest BCUT2D eigenvalue weighted by Gasteiger charge is 2.46. The number of aliphatic imine (C=N–C) groups is 1. The zero-order chi connectivity index (χ0) is 27.4. The Morgan fingerprint density at radius 2 is 1.62 bits per heavy atom. The molecule has 200 valence electrons. The van der Waals surface area contributed by atoms with Gasteiger partial charge in [0.15, 0.2) is 17.3 Å². The molecule has 0 saturated heterocycles. The van der Waals surface area contributed by atoms with E-state index in [1.54, 1.807) is 14.2 Å². The molecular formula is C33H33NO5. The zero-order valence-corrected chi connectivity index (χ0v) is 22.6. The van der Waals surface area contributed by atoms with Crippen molar-refractivity contribution in [3.8, 4) is 11.5 Å². The van der Waals surface area contributed by atoms with E-state index in [4.69, 9.17) is 19.2 Å². The van der Waals surface area contributed by atoms with Crippen molar-refractivity contribution >= 4 is 17.5 Å². The maximum Gasteiger partial charge on any atom is 0.315 e. The van der Waals surface area contributed by atoms with Crippen molar-refractivity contribution in [1.29, 1.82) is 0 Å². The molecule has 1 aliphatic heterocycles. The first-order valence-corrected chi connectivity index (χ1v) is 13.3. The number of carbonyl (C=O) groups is 2. The minimum atomic E-state index is -0.752. The molecule has 0 radical (unpaired) electrons. The molecule has 1 unspecified atom stereocenters. The van der Waals surface area contributed by atoms with Crippen LogP contribution in [0.1, 0.15) is 48.3 Å². The smallest absolute Gasteiger partial charge is 0.315 e. The molecule has 3 aromatic carbocycles. The van der Waals surface area contributed by atoms with E-state index < -0.39 is 17.8 Å². The van der Waals surface area contributed by atoms with Crippen LogP contribution in [0.5, 0.6) is 11.5 Å². The second kappa shape index (κ2) is 11.7. The van der Waals surface area contributed by atoms with Crippen LogP contribution in [-0.4, -0.2) is 38.3 Å². The molecule has 0 fully saturated rings. The molecule has 39 heavy (non-hydrogen) atoms. The summed E-state index contributed by atoms with van der Waals surface area (Å²) in [6.45, 7) is 2.09. The lowest BCUT2D eigenvalue weighted by atomic mass is 9.69. The monoisotopic (exact) mass is 523 g/mol. The van der Waals surface area contributed by atoms with Crippen LogP contribution in [-0.2, 0) is 20.7 Å².